The molecule has 0 radical (unpaired) electrons. The summed E-state index contributed by atoms with van der Waals surface area (Å²) in [7, 11) is 4.17. The van der Waals surface area contributed by atoms with Crippen molar-refractivity contribution in [2.45, 2.75) is 32.4 Å². The zero-order chi connectivity index (χ0) is 30.6. The van der Waals surface area contributed by atoms with E-state index in [1.165, 1.54) is 0 Å². The zero-order valence-corrected chi connectivity index (χ0v) is 25.6. The molecule has 2 saturated heterocycles. The Balaban J connectivity index is 1.09. The minimum atomic E-state index is -0.365. The van der Waals surface area contributed by atoms with Gasteiger partial charge in [0, 0.05) is 67.5 Å². The summed E-state index contributed by atoms with van der Waals surface area (Å²) in [5.41, 5.74) is 4.68. The van der Waals surface area contributed by atoms with Crippen molar-refractivity contribution >= 4 is 40.2 Å². The fourth-order valence-corrected chi connectivity index (χ4v) is 5.94. The number of piperidine rings is 1. The minimum Gasteiger partial charge on any atom is -0.378 e. The Bertz CT molecular complexity index is 1600. The summed E-state index contributed by atoms with van der Waals surface area (Å²) in [6.45, 7) is 7.38. The fraction of sp³-hybridized carbons (Fsp3) is 0.394. The predicted molar refractivity (Wildman–Crippen MR) is 173 cm³/mol. The molecule has 2 aromatic heterocycles. The average molecular weight is 597 g/mol. The van der Waals surface area contributed by atoms with E-state index in [9.17, 15) is 9.59 Å². The van der Waals surface area contributed by atoms with Crippen molar-refractivity contribution in [1.29, 1.82) is 0 Å². The van der Waals surface area contributed by atoms with E-state index in [0.717, 1.165) is 68.0 Å². The number of carbonyl (C=O) groups is 2. The maximum absolute atomic E-state index is 13.0. The van der Waals surface area contributed by atoms with Gasteiger partial charge in [-0.05, 0) is 88.5 Å². The third-order valence-electron chi connectivity index (χ3n) is 8.52. The van der Waals surface area contributed by atoms with Gasteiger partial charge in [-0.25, -0.2) is 14.8 Å². The number of benzene rings is 2. The van der Waals surface area contributed by atoms with Crippen LogP contribution in [0, 0.1) is 0 Å². The third-order valence-corrected chi connectivity index (χ3v) is 8.52. The molecule has 3 amide bonds. The summed E-state index contributed by atoms with van der Waals surface area (Å²) in [5, 5.41) is 5.73. The van der Waals surface area contributed by atoms with Crippen LogP contribution >= 0.6 is 0 Å². The Labute approximate surface area is 257 Å². The summed E-state index contributed by atoms with van der Waals surface area (Å²) in [6.07, 6.45) is 4.01. The van der Waals surface area contributed by atoms with Crippen molar-refractivity contribution < 1.29 is 14.3 Å². The number of aromatic nitrogens is 3. The lowest BCUT2D eigenvalue weighted by molar-refractivity contribution is 0.0663. The van der Waals surface area contributed by atoms with Crippen LogP contribution in [0.4, 0.5) is 22.0 Å². The number of hydrogen-bond acceptors (Lipinski definition) is 7. The van der Waals surface area contributed by atoms with Crippen molar-refractivity contribution in [3.05, 3.63) is 66.4 Å². The number of amides is 3. The summed E-state index contributed by atoms with van der Waals surface area (Å²) in [5.74, 6) is 1.59. The van der Waals surface area contributed by atoms with Gasteiger partial charge in [0.15, 0.2) is 11.6 Å². The van der Waals surface area contributed by atoms with Crippen LogP contribution in [0.1, 0.15) is 30.1 Å². The summed E-state index contributed by atoms with van der Waals surface area (Å²) in [6, 6.07) is 16.7. The van der Waals surface area contributed by atoms with E-state index in [1.807, 2.05) is 35.2 Å². The molecule has 2 aliphatic rings. The van der Waals surface area contributed by atoms with Crippen molar-refractivity contribution in [2.24, 2.45) is 0 Å². The standard InChI is InChI=1S/C33H40N8O3/c1-4-39-18-15-28-29(39)31(40-19-21-44-22-20-40)37-30(36-28)23-5-9-25(10-6-23)34-33(43)35-26-11-7-24(8-12-26)32(42)41-16-13-27(14-17-41)38(2)3/h5-12,15,18,27H,4,13-14,16-17,19-22H2,1-3H3,(H2,34,35,43). The first-order chi connectivity index (χ1) is 21.4. The molecule has 2 aromatic carbocycles. The van der Waals surface area contributed by atoms with Gasteiger partial charge in [-0.1, -0.05) is 0 Å². The number of aryl methyl sites for hydroxylation is 1. The number of anilines is 3. The van der Waals surface area contributed by atoms with Crippen LogP contribution in [0.15, 0.2) is 60.8 Å². The molecular weight excluding hydrogens is 556 g/mol. The van der Waals surface area contributed by atoms with Crippen LogP contribution in [-0.2, 0) is 11.3 Å². The molecule has 11 heteroatoms. The SMILES string of the molecule is CCn1ccc2nc(-c3ccc(NC(=O)Nc4ccc(C(=O)N5CCC(N(C)C)CC5)cc4)cc3)nc(N3CCOCC3)c21. The third kappa shape index (κ3) is 6.39. The Hall–Kier alpha value is -4.48. The monoisotopic (exact) mass is 596 g/mol. The largest absolute Gasteiger partial charge is 0.378 e. The second kappa shape index (κ2) is 13.0. The second-order valence-corrected chi connectivity index (χ2v) is 11.5. The first-order valence-electron chi connectivity index (χ1n) is 15.3. The highest BCUT2D eigenvalue weighted by Crippen LogP contribution is 2.30. The molecule has 0 atom stereocenters. The molecule has 44 heavy (non-hydrogen) atoms. The van der Waals surface area contributed by atoms with Crippen molar-refractivity contribution in [1.82, 2.24) is 24.3 Å². The number of morpholine rings is 1. The molecule has 2 aliphatic heterocycles. The van der Waals surface area contributed by atoms with E-state index >= 15 is 0 Å². The fourth-order valence-electron chi connectivity index (χ4n) is 5.94. The van der Waals surface area contributed by atoms with E-state index < -0.39 is 0 Å². The van der Waals surface area contributed by atoms with Gasteiger partial charge in [0.25, 0.3) is 5.91 Å². The number of nitrogens with zero attached hydrogens (tertiary/aromatic N) is 6. The molecule has 0 spiro atoms. The van der Waals surface area contributed by atoms with Crippen LogP contribution in [-0.4, -0.2) is 95.8 Å². The Morgan fingerprint density at radius 3 is 2.14 bits per heavy atom. The highest BCUT2D eigenvalue weighted by atomic mass is 16.5. The van der Waals surface area contributed by atoms with Gasteiger partial charge >= 0.3 is 6.03 Å². The lowest BCUT2D eigenvalue weighted by Gasteiger charge is -2.35. The van der Waals surface area contributed by atoms with Crippen LogP contribution in [0.3, 0.4) is 0 Å². The topological polar surface area (TPSA) is 108 Å². The highest BCUT2D eigenvalue weighted by Gasteiger charge is 2.25. The molecule has 4 aromatic rings. The molecular formula is C33H40N8O3. The van der Waals surface area contributed by atoms with Crippen molar-refractivity contribution in [3.63, 3.8) is 0 Å². The maximum atomic E-state index is 13.0. The number of rotatable bonds is 7. The quantitative estimate of drug-likeness (QED) is 0.317. The Kier molecular flexibility index (Phi) is 8.76. The van der Waals surface area contributed by atoms with Gasteiger partial charge in [-0.3, -0.25) is 4.79 Å². The molecule has 0 saturated carbocycles. The van der Waals surface area contributed by atoms with Gasteiger partial charge in [-0.2, -0.15) is 0 Å². The van der Waals surface area contributed by atoms with Gasteiger partial charge in [0.2, 0.25) is 0 Å². The van der Waals surface area contributed by atoms with E-state index in [0.29, 0.717) is 42.0 Å². The molecule has 2 fully saturated rings. The van der Waals surface area contributed by atoms with Crippen LogP contribution in [0.5, 0.6) is 0 Å². The zero-order valence-electron chi connectivity index (χ0n) is 25.6. The van der Waals surface area contributed by atoms with Crippen molar-refractivity contribution in [2.75, 3.05) is 69.0 Å². The first-order valence-corrected chi connectivity index (χ1v) is 15.3. The van der Waals surface area contributed by atoms with E-state index in [4.69, 9.17) is 14.7 Å². The van der Waals surface area contributed by atoms with Gasteiger partial charge < -0.3 is 34.6 Å². The lowest BCUT2D eigenvalue weighted by Crippen LogP contribution is -2.44. The summed E-state index contributed by atoms with van der Waals surface area (Å²) in [4.78, 5) is 41.9. The number of hydrogen-bond donors (Lipinski definition) is 2. The number of ether oxygens (including phenoxy) is 1. The predicted octanol–water partition coefficient (Wildman–Crippen LogP) is 4.77. The van der Waals surface area contributed by atoms with Gasteiger partial charge in [-0.15, -0.1) is 0 Å². The van der Waals surface area contributed by atoms with E-state index in [2.05, 4.69) is 52.2 Å². The smallest absolute Gasteiger partial charge is 0.323 e. The van der Waals surface area contributed by atoms with Crippen LogP contribution in [0.2, 0.25) is 0 Å². The summed E-state index contributed by atoms with van der Waals surface area (Å²) >= 11 is 0. The highest BCUT2D eigenvalue weighted by molar-refractivity contribution is 6.00. The van der Waals surface area contributed by atoms with Crippen molar-refractivity contribution in [3.8, 4) is 11.4 Å². The number of urea groups is 1. The Morgan fingerprint density at radius 1 is 0.886 bits per heavy atom. The normalized spacial score (nSPS) is 16.0. The molecule has 230 valence electrons. The maximum Gasteiger partial charge on any atom is 0.323 e. The van der Waals surface area contributed by atoms with E-state index in [-0.39, 0.29) is 11.9 Å². The number of fused-ring (bicyclic) bond motifs is 1. The molecule has 11 nitrogen and oxygen atoms in total. The number of likely N-dealkylation sites (tertiary alicyclic amines) is 1. The van der Waals surface area contributed by atoms with Crippen LogP contribution < -0.4 is 15.5 Å². The van der Waals surface area contributed by atoms with Gasteiger partial charge in [0.05, 0.1) is 18.7 Å². The van der Waals surface area contributed by atoms with Crippen LogP contribution in [0.25, 0.3) is 22.4 Å². The molecule has 6 rings (SSSR count). The number of nitrogens with one attached hydrogen (secondary N) is 2. The molecule has 0 aliphatic carbocycles. The van der Waals surface area contributed by atoms with E-state index in [1.54, 1.807) is 24.3 Å². The lowest BCUT2D eigenvalue weighted by atomic mass is 10.0. The minimum absolute atomic E-state index is 0.0291. The molecule has 4 heterocycles. The molecule has 2 N–H and O–H groups in total. The Morgan fingerprint density at radius 2 is 1.52 bits per heavy atom. The van der Waals surface area contributed by atoms with Gasteiger partial charge in [0.1, 0.15) is 5.52 Å². The average Bonchev–Trinajstić information content (AvgIpc) is 3.48. The second-order valence-electron chi connectivity index (χ2n) is 11.5. The summed E-state index contributed by atoms with van der Waals surface area (Å²) < 4.78 is 7.74. The molecule has 0 bridgehead atoms. The first kappa shape index (κ1) is 29.6. The molecule has 0 unspecified atom stereocenters. The number of carbonyl (C=O) groups excluding carboxylic acids is 2.